The molecule has 170 valence electrons. The highest BCUT2D eigenvalue weighted by Crippen LogP contribution is 2.30. The quantitative estimate of drug-likeness (QED) is 0.206. The van der Waals surface area contributed by atoms with Crippen LogP contribution in [0.15, 0.2) is 28.6 Å². The fourth-order valence-corrected chi connectivity index (χ4v) is 3.66. The number of benzene rings is 1. The Morgan fingerprint density at radius 3 is 2.77 bits per heavy atom. The second kappa shape index (κ2) is 11.5. The van der Waals surface area contributed by atoms with E-state index in [9.17, 15) is 18.0 Å². The molecular weight excluding hydrogens is 546 g/mol. The van der Waals surface area contributed by atoms with Crippen molar-refractivity contribution in [1.82, 2.24) is 15.6 Å². The number of halogens is 4. The lowest BCUT2D eigenvalue weighted by molar-refractivity contribution is -0.140. The van der Waals surface area contributed by atoms with Gasteiger partial charge in [-0.15, -0.1) is 35.3 Å². The van der Waals surface area contributed by atoms with Crippen LogP contribution < -0.4 is 20.7 Å². The van der Waals surface area contributed by atoms with Crippen LogP contribution in [0.3, 0.4) is 0 Å². The fourth-order valence-electron chi connectivity index (χ4n) is 2.85. The average molecular weight is 569 g/mol. The Hall–Kier alpha value is -2.09. The Bertz CT molecular complexity index is 920. The highest BCUT2D eigenvalue weighted by Gasteiger charge is 2.33. The molecule has 2 aromatic rings. The van der Waals surface area contributed by atoms with E-state index < -0.39 is 11.9 Å². The van der Waals surface area contributed by atoms with E-state index in [1.165, 1.54) is 0 Å². The van der Waals surface area contributed by atoms with Gasteiger partial charge >= 0.3 is 6.18 Å². The first-order chi connectivity index (χ1) is 14.3. The molecule has 0 radical (unpaired) electrons. The van der Waals surface area contributed by atoms with Crippen LogP contribution in [0, 0.1) is 0 Å². The fraction of sp³-hybridized carbons (Fsp3) is 0.421. The number of aryl methyl sites for hydroxylation is 1. The molecule has 0 saturated heterocycles. The number of alkyl halides is 3. The molecule has 1 aromatic carbocycles. The maximum atomic E-state index is 12.6. The van der Waals surface area contributed by atoms with Crippen LogP contribution >= 0.6 is 35.3 Å². The maximum absolute atomic E-state index is 12.6. The molecule has 31 heavy (non-hydrogen) atoms. The number of aromatic nitrogens is 1. The van der Waals surface area contributed by atoms with E-state index in [0.29, 0.717) is 49.9 Å². The number of aliphatic imine (C=N–C) groups is 1. The number of fused-ring (bicyclic) bond motifs is 1. The normalized spacial score (nSPS) is 13.7. The molecule has 3 rings (SSSR count). The lowest BCUT2D eigenvalue weighted by atomic mass is 10.0. The van der Waals surface area contributed by atoms with Crippen LogP contribution in [0.5, 0.6) is 5.75 Å². The van der Waals surface area contributed by atoms with Crippen LogP contribution in [0.1, 0.15) is 22.7 Å². The standard InChI is InChI=1S/C19H22F3N5O2S.HI/c1-23-18(24-7-6-17-27-15(11-30-17)19(20,21)22)25-8-9-29-13-3-4-14-12(10-13)2-5-16(28)26-14;/h3-4,10-11H,2,5-9H2,1H3,(H,26,28)(H2,23,24,25);1H. The van der Waals surface area contributed by atoms with Gasteiger partial charge in [0.1, 0.15) is 12.4 Å². The third kappa shape index (κ3) is 7.52. The molecule has 1 aliphatic rings. The number of carbonyl (C=O) groups is 1. The van der Waals surface area contributed by atoms with Crippen LogP contribution in [-0.2, 0) is 23.8 Å². The van der Waals surface area contributed by atoms with Crippen LogP contribution in [0.4, 0.5) is 18.9 Å². The van der Waals surface area contributed by atoms with E-state index in [0.717, 1.165) is 33.7 Å². The van der Waals surface area contributed by atoms with Crippen molar-refractivity contribution in [3.63, 3.8) is 0 Å². The van der Waals surface area contributed by atoms with E-state index in [1.54, 1.807) is 13.1 Å². The van der Waals surface area contributed by atoms with Crippen LogP contribution in [0.2, 0.25) is 0 Å². The van der Waals surface area contributed by atoms with E-state index in [2.05, 4.69) is 25.9 Å². The average Bonchev–Trinajstić information content (AvgIpc) is 3.19. The molecule has 0 fully saturated rings. The number of hydrogen-bond acceptors (Lipinski definition) is 5. The Balaban J connectivity index is 0.00000341. The van der Waals surface area contributed by atoms with Crippen molar-refractivity contribution in [2.75, 3.05) is 32.1 Å². The van der Waals surface area contributed by atoms with Crippen molar-refractivity contribution >= 4 is 52.9 Å². The number of thiazole rings is 1. The van der Waals surface area contributed by atoms with Gasteiger partial charge < -0.3 is 20.7 Å². The summed E-state index contributed by atoms with van der Waals surface area (Å²) < 4.78 is 43.4. The maximum Gasteiger partial charge on any atom is 0.434 e. The van der Waals surface area contributed by atoms with Crippen molar-refractivity contribution in [2.24, 2.45) is 4.99 Å². The van der Waals surface area contributed by atoms with Gasteiger partial charge in [-0.05, 0) is 30.2 Å². The number of ether oxygens (including phenoxy) is 1. The lowest BCUT2D eigenvalue weighted by Crippen LogP contribution is -2.40. The molecule has 1 aliphatic heterocycles. The minimum absolute atomic E-state index is 0. The van der Waals surface area contributed by atoms with Gasteiger partial charge in [0.2, 0.25) is 5.91 Å². The van der Waals surface area contributed by atoms with Crippen molar-refractivity contribution in [3.05, 3.63) is 39.8 Å². The summed E-state index contributed by atoms with van der Waals surface area (Å²) in [5.74, 6) is 1.27. The molecule has 0 saturated carbocycles. The molecule has 0 atom stereocenters. The summed E-state index contributed by atoms with van der Waals surface area (Å²) in [5, 5.41) is 10.4. The minimum Gasteiger partial charge on any atom is -0.492 e. The SMILES string of the molecule is CN=C(NCCOc1ccc2c(c1)CCC(=O)N2)NCCc1nc(C(F)(F)F)cs1.I. The Morgan fingerprint density at radius 2 is 2.06 bits per heavy atom. The number of anilines is 1. The first kappa shape index (κ1) is 25.2. The van der Waals surface area contributed by atoms with Gasteiger partial charge in [-0.2, -0.15) is 13.2 Å². The van der Waals surface area contributed by atoms with Crippen molar-refractivity contribution in [3.8, 4) is 5.75 Å². The minimum atomic E-state index is -4.41. The zero-order chi connectivity index (χ0) is 21.6. The molecular formula is C19H23F3IN5O2S. The number of hydrogen-bond donors (Lipinski definition) is 3. The molecule has 0 spiro atoms. The van der Waals surface area contributed by atoms with Gasteiger partial charge in [-0.25, -0.2) is 4.98 Å². The Labute approximate surface area is 198 Å². The Morgan fingerprint density at radius 1 is 1.29 bits per heavy atom. The molecule has 12 heteroatoms. The number of nitrogens with zero attached hydrogens (tertiary/aromatic N) is 2. The number of amides is 1. The molecule has 1 aromatic heterocycles. The highest BCUT2D eigenvalue weighted by atomic mass is 127. The number of nitrogens with one attached hydrogen (secondary N) is 3. The van der Waals surface area contributed by atoms with Crippen molar-refractivity contribution < 1.29 is 22.7 Å². The molecule has 0 unspecified atom stereocenters. The predicted octanol–water partition coefficient (Wildman–Crippen LogP) is 3.45. The van der Waals surface area contributed by atoms with Gasteiger partial charge in [0.15, 0.2) is 11.7 Å². The lowest BCUT2D eigenvalue weighted by Gasteiger charge is -2.18. The monoisotopic (exact) mass is 569 g/mol. The summed E-state index contributed by atoms with van der Waals surface area (Å²) in [5.41, 5.74) is 1.02. The smallest absolute Gasteiger partial charge is 0.434 e. The molecule has 0 aliphatic carbocycles. The molecule has 0 bridgehead atoms. The Kier molecular flexibility index (Phi) is 9.34. The van der Waals surface area contributed by atoms with E-state index in [1.807, 2.05) is 12.1 Å². The molecule has 7 nitrogen and oxygen atoms in total. The first-order valence-corrected chi connectivity index (χ1v) is 10.2. The summed E-state index contributed by atoms with van der Waals surface area (Å²) in [6, 6.07) is 5.56. The summed E-state index contributed by atoms with van der Waals surface area (Å²) in [6.45, 7) is 1.29. The van der Waals surface area contributed by atoms with Crippen LogP contribution in [0.25, 0.3) is 0 Å². The highest BCUT2D eigenvalue weighted by molar-refractivity contribution is 14.0. The van der Waals surface area contributed by atoms with E-state index in [4.69, 9.17) is 4.74 Å². The van der Waals surface area contributed by atoms with Crippen LogP contribution in [-0.4, -0.2) is 43.6 Å². The van der Waals surface area contributed by atoms with E-state index in [-0.39, 0.29) is 29.9 Å². The van der Waals surface area contributed by atoms with Gasteiger partial charge in [-0.1, -0.05) is 0 Å². The van der Waals surface area contributed by atoms with Gasteiger partial charge in [-0.3, -0.25) is 9.79 Å². The third-order valence-corrected chi connectivity index (χ3v) is 5.24. The summed E-state index contributed by atoms with van der Waals surface area (Å²) in [6.07, 6.45) is -2.88. The largest absolute Gasteiger partial charge is 0.492 e. The van der Waals surface area contributed by atoms with Gasteiger partial charge in [0, 0.05) is 37.5 Å². The third-order valence-electron chi connectivity index (χ3n) is 4.33. The second-order valence-electron chi connectivity index (χ2n) is 6.52. The first-order valence-electron chi connectivity index (χ1n) is 9.37. The van der Waals surface area contributed by atoms with E-state index >= 15 is 0 Å². The summed E-state index contributed by atoms with van der Waals surface area (Å²) in [4.78, 5) is 19.1. The van der Waals surface area contributed by atoms with Crippen molar-refractivity contribution in [2.45, 2.75) is 25.4 Å². The number of rotatable bonds is 7. The zero-order valence-corrected chi connectivity index (χ0v) is 19.9. The number of guanidine groups is 1. The molecule has 3 N–H and O–H groups in total. The molecule has 2 heterocycles. The van der Waals surface area contributed by atoms with Crippen molar-refractivity contribution in [1.29, 1.82) is 0 Å². The second-order valence-corrected chi connectivity index (χ2v) is 7.46. The zero-order valence-electron chi connectivity index (χ0n) is 16.7. The van der Waals surface area contributed by atoms with Gasteiger partial charge in [0.05, 0.1) is 11.6 Å². The predicted molar refractivity (Wildman–Crippen MR) is 124 cm³/mol. The molecule has 1 amide bonds. The summed E-state index contributed by atoms with van der Waals surface area (Å²) in [7, 11) is 1.61. The number of carbonyl (C=O) groups excluding carboxylic acids is 1. The van der Waals surface area contributed by atoms with Gasteiger partial charge in [0.25, 0.3) is 0 Å². The topological polar surface area (TPSA) is 87.6 Å². The summed E-state index contributed by atoms with van der Waals surface area (Å²) >= 11 is 0.990.